The zero-order chi connectivity index (χ0) is 18.1. The average molecular weight is 360 g/mol. The highest BCUT2D eigenvalue weighted by atomic mass is 32.1. The molecule has 0 atom stereocenters. The quantitative estimate of drug-likeness (QED) is 0.408. The van der Waals surface area contributed by atoms with Crippen LogP contribution in [0.1, 0.15) is 28.9 Å². The van der Waals surface area contributed by atoms with Gasteiger partial charge in [-0.25, -0.2) is 0 Å². The van der Waals surface area contributed by atoms with E-state index in [0.29, 0.717) is 0 Å². The summed E-state index contributed by atoms with van der Waals surface area (Å²) in [4.78, 5) is 0. The number of nitrogens with zero attached hydrogens (tertiary/aromatic N) is 2. The molecule has 0 aliphatic carbocycles. The smallest absolute Gasteiger partial charge is 0.262 e. The van der Waals surface area contributed by atoms with Gasteiger partial charge in [-0.3, -0.25) is 0 Å². The Hall–Kier alpha value is -2.65. The number of thiazole rings is 1. The van der Waals surface area contributed by atoms with Crippen molar-refractivity contribution in [2.45, 2.75) is 27.3 Å². The number of hydrogen-bond donors (Lipinski definition) is 0. The molecule has 0 aliphatic heterocycles. The van der Waals surface area contributed by atoms with Gasteiger partial charge in [0.1, 0.15) is 11.2 Å². The molecule has 0 bridgehead atoms. The van der Waals surface area contributed by atoms with Crippen LogP contribution in [-0.4, -0.2) is 4.57 Å². The van der Waals surface area contributed by atoms with Crippen molar-refractivity contribution in [2.75, 3.05) is 0 Å². The Kier molecular flexibility index (Phi) is 4.48. The molecule has 0 amide bonds. The second-order valence-corrected chi connectivity index (χ2v) is 7.55. The summed E-state index contributed by atoms with van der Waals surface area (Å²) < 4.78 is 6.04. The number of rotatable bonds is 4. The minimum atomic E-state index is 0.979. The molecule has 0 saturated heterocycles. The summed E-state index contributed by atoms with van der Waals surface area (Å²) in [7, 11) is 0. The lowest BCUT2D eigenvalue weighted by Crippen LogP contribution is -2.33. The maximum atomic E-state index is 2.38. The van der Waals surface area contributed by atoms with E-state index in [0.717, 1.165) is 6.54 Å². The largest absolute Gasteiger partial charge is 0.318 e. The Morgan fingerprint density at radius 3 is 2.46 bits per heavy atom. The zero-order valence-corrected chi connectivity index (χ0v) is 16.3. The lowest BCUT2D eigenvalue weighted by molar-refractivity contribution is -0.665. The van der Waals surface area contributed by atoms with E-state index in [-0.39, 0.29) is 0 Å². The predicted molar refractivity (Wildman–Crippen MR) is 112 cm³/mol. The van der Waals surface area contributed by atoms with Crippen molar-refractivity contribution in [1.82, 2.24) is 4.57 Å². The van der Waals surface area contributed by atoms with Crippen LogP contribution in [0.2, 0.25) is 0 Å². The van der Waals surface area contributed by atoms with Gasteiger partial charge < -0.3 is 4.57 Å². The van der Waals surface area contributed by atoms with Crippen LogP contribution in [-0.2, 0) is 6.54 Å². The third-order valence-electron chi connectivity index (χ3n) is 4.84. The summed E-state index contributed by atoms with van der Waals surface area (Å²) in [5, 5.41) is 1.29. The summed E-state index contributed by atoms with van der Waals surface area (Å²) in [6.07, 6.45) is 4.50. The van der Waals surface area contributed by atoms with Crippen LogP contribution >= 0.6 is 11.3 Å². The Morgan fingerprint density at radius 1 is 0.962 bits per heavy atom. The Bertz CT molecular complexity index is 1080. The molecular weight excluding hydrogens is 336 g/mol. The zero-order valence-electron chi connectivity index (χ0n) is 15.4. The normalized spacial score (nSPS) is 11.7. The highest BCUT2D eigenvalue weighted by Crippen LogP contribution is 2.25. The van der Waals surface area contributed by atoms with Gasteiger partial charge in [0.25, 0.3) is 5.01 Å². The third-order valence-corrected chi connectivity index (χ3v) is 5.97. The molecule has 2 heterocycles. The summed E-state index contributed by atoms with van der Waals surface area (Å²) in [5.41, 5.74) is 6.33. The number of para-hydroxylation sites is 2. The van der Waals surface area contributed by atoms with E-state index in [2.05, 4.69) is 103 Å². The first-order chi connectivity index (χ1) is 12.7. The van der Waals surface area contributed by atoms with Crippen molar-refractivity contribution in [3.63, 3.8) is 0 Å². The molecule has 2 nitrogen and oxygen atoms in total. The van der Waals surface area contributed by atoms with Gasteiger partial charge in [0.15, 0.2) is 0 Å². The molecule has 3 heteroatoms. The van der Waals surface area contributed by atoms with Gasteiger partial charge in [0, 0.05) is 29.2 Å². The molecule has 0 N–H and O–H groups in total. The van der Waals surface area contributed by atoms with Crippen molar-refractivity contribution in [2.24, 2.45) is 0 Å². The van der Waals surface area contributed by atoms with Gasteiger partial charge in [-0.1, -0.05) is 41.7 Å². The summed E-state index contributed by atoms with van der Waals surface area (Å²) >= 11 is 1.85. The molecule has 130 valence electrons. The first kappa shape index (κ1) is 16.8. The van der Waals surface area contributed by atoms with E-state index < -0.39 is 0 Å². The van der Waals surface area contributed by atoms with Gasteiger partial charge in [0.05, 0.1) is 0 Å². The molecule has 4 rings (SSSR count). The fourth-order valence-electron chi connectivity index (χ4n) is 3.59. The molecule has 0 saturated carbocycles. The van der Waals surface area contributed by atoms with E-state index >= 15 is 0 Å². The van der Waals surface area contributed by atoms with E-state index in [1.165, 1.54) is 37.9 Å². The summed E-state index contributed by atoms with van der Waals surface area (Å²) in [6.45, 7) is 7.55. The lowest BCUT2D eigenvalue weighted by Gasteiger charge is -2.09. The minimum absolute atomic E-state index is 0.979. The van der Waals surface area contributed by atoms with Gasteiger partial charge in [0.2, 0.25) is 5.52 Å². The minimum Gasteiger partial charge on any atom is -0.318 e. The summed E-state index contributed by atoms with van der Waals surface area (Å²) in [5.74, 6) is 0. The van der Waals surface area contributed by atoms with Gasteiger partial charge in [-0.05, 0) is 56.7 Å². The summed E-state index contributed by atoms with van der Waals surface area (Å²) in [6, 6.07) is 21.4. The molecule has 0 fully saturated rings. The third kappa shape index (κ3) is 2.89. The molecule has 0 unspecified atom stereocenters. The second-order valence-electron chi connectivity index (χ2n) is 6.48. The maximum Gasteiger partial charge on any atom is 0.262 e. The molecular formula is C23H23N2S+. The van der Waals surface area contributed by atoms with Crippen LogP contribution in [0, 0.1) is 13.8 Å². The van der Waals surface area contributed by atoms with Crippen LogP contribution in [0.15, 0.2) is 60.7 Å². The number of aryl methyl sites for hydroxylation is 2. The molecule has 4 aromatic rings. The van der Waals surface area contributed by atoms with Gasteiger partial charge >= 0.3 is 0 Å². The Morgan fingerprint density at radius 2 is 1.69 bits per heavy atom. The molecule has 26 heavy (non-hydrogen) atoms. The maximum absolute atomic E-state index is 2.38. The van der Waals surface area contributed by atoms with Crippen LogP contribution < -0.4 is 4.57 Å². The van der Waals surface area contributed by atoms with E-state index in [1.807, 2.05) is 11.3 Å². The van der Waals surface area contributed by atoms with Gasteiger partial charge in [-0.15, -0.1) is 0 Å². The highest BCUT2D eigenvalue weighted by molar-refractivity contribution is 7.18. The fourth-order valence-corrected chi connectivity index (χ4v) is 4.72. The Labute approximate surface area is 158 Å². The second kappa shape index (κ2) is 6.93. The standard InChI is InChI=1S/C23H23N2S/c1-4-24-21-12-8-9-13-22(21)26-23(24)15-14-19-16-17(2)25(18(19)3)20-10-6-5-7-11-20/h5-16H,4H2,1-3H3/q+1. The van der Waals surface area contributed by atoms with E-state index in [4.69, 9.17) is 0 Å². The first-order valence-corrected chi connectivity index (χ1v) is 9.84. The van der Waals surface area contributed by atoms with Crippen LogP contribution in [0.3, 0.4) is 0 Å². The fraction of sp³-hybridized carbons (Fsp3) is 0.174. The van der Waals surface area contributed by atoms with Crippen molar-refractivity contribution in [1.29, 1.82) is 0 Å². The molecule has 2 aromatic carbocycles. The highest BCUT2D eigenvalue weighted by Gasteiger charge is 2.16. The first-order valence-electron chi connectivity index (χ1n) is 9.03. The molecule has 0 radical (unpaired) electrons. The lowest BCUT2D eigenvalue weighted by atomic mass is 10.2. The van der Waals surface area contributed by atoms with Crippen LogP contribution in [0.4, 0.5) is 0 Å². The number of hydrogen-bond acceptors (Lipinski definition) is 1. The molecule has 0 spiro atoms. The predicted octanol–water partition coefficient (Wildman–Crippen LogP) is 5.79. The molecule has 0 aliphatic rings. The number of benzene rings is 2. The average Bonchev–Trinajstić information content (AvgIpc) is 3.16. The van der Waals surface area contributed by atoms with Crippen molar-refractivity contribution < 1.29 is 4.57 Å². The van der Waals surface area contributed by atoms with Crippen LogP contribution in [0.5, 0.6) is 0 Å². The molecule has 2 aromatic heterocycles. The van der Waals surface area contributed by atoms with Crippen molar-refractivity contribution >= 4 is 33.7 Å². The SMILES string of the molecule is CC[n+]1c(C=Cc2cc(C)n(-c3ccccc3)c2C)sc2ccccc21. The Balaban J connectivity index is 1.75. The van der Waals surface area contributed by atoms with Gasteiger partial charge in [-0.2, -0.15) is 4.57 Å². The topological polar surface area (TPSA) is 8.81 Å². The number of fused-ring (bicyclic) bond motifs is 1. The van der Waals surface area contributed by atoms with E-state index in [1.54, 1.807) is 0 Å². The van der Waals surface area contributed by atoms with Crippen molar-refractivity contribution in [3.05, 3.63) is 82.6 Å². The van der Waals surface area contributed by atoms with Crippen LogP contribution in [0.25, 0.3) is 28.1 Å². The van der Waals surface area contributed by atoms with E-state index in [9.17, 15) is 0 Å². The van der Waals surface area contributed by atoms with Crippen molar-refractivity contribution in [3.8, 4) is 5.69 Å². The number of aromatic nitrogens is 2. The monoisotopic (exact) mass is 359 g/mol.